The zero-order valence-corrected chi connectivity index (χ0v) is 14.4. The third-order valence-electron chi connectivity index (χ3n) is 3.05. The molecule has 0 fully saturated rings. The van der Waals surface area contributed by atoms with Crippen LogP contribution in [-0.2, 0) is 16.6 Å². The van der Waals surface area contributed by atoms with Crippen LogP contribution in [0.3, 0.4) is 0 Å². The predicted molar refractivity (Wildman–Crippen MR) is 88.7 cm³/mol. The molecule has 0 atom stereocenters. The van der Waals surface area contributed by atoms with Gasteiger partial charge in [0, 0.05) is 33.7 Å². The van der Waals surface area contributed by atoms with Crippen molar-refractivity contribution >= 4 is 16.2 Å². The van der Waals surface area contributed by atoms with Gasteiger partial charge >= 0.3 is 6.03 Å². The summed E-state index contributed by atoms with van der Waals surface area (Å²) in [6.07, 6.45) is 0.644. The Hall–Kier alpha value is -1.84. The van der Waals surface area contributed by atoms with Gasteiger partial charge in [-0.1, -0.05) is 18.2 Å². The van der Waals surface area contributed by atoms with Crippen molar-refractivity contribution in [3.63, 3.8) is 0 Å². The average Bonchev–Trinajstić information content (AvgIpc) is 2.52. The SMILES string of the molecule is COc1ccccc1CCNC(=O)NCCNS(=O)(=O)N(C)C. The number of carbonyl (C=O) groups excluding carboxylic acids is 1. The maximum absolute atomic E-state index is 11.6. The smallest absolute Gasteiger partial charge is 0.314 e. The molecule has 0 bridgehead atoms. The van der Waals surface area contributed by atoms with Crippen LogP contribution in [0.1, 0.15) is 5.56 Å². The molecule has 1 aromatic carbocycles. The Kier molecular flexibility index (Phi) is 7.79. The Morgan fingerprint density at radius 2 is 1.78 bits per heavy atom. The number of benzene rings is 1. The summed E-state index contributed by atoms with van der Waals surface area (Å²) in [7, 11) is 1.01. The fourth-order valence-electron chi connectivity index (χ4n) is 1.77. The van der Waals surface area contributed by atoms with Crippen LogP contribution < -0.4 is 20.1 Å². The molecule has 0 saturated carbocycles. The molecule has 0 unspecified atom stereocenters. The molecular weight excluding hydrogens is 320 g/mol. The van der Waals surface area contributed by atoms with E-state index in [1.54, 1.807) is 7.11 Å². The van der Waals surface area contributed by atoms with Gasteiger partial charge < -0.3 is 15.4 Å². The van der Waals surface area contributed by atoms with Gasteiger partial charge in [-0.3, -0.25) is 0 Å². The van der Waals surface area contributed by atoms with Crippen LogP contribution in [0.4, 0.5) is 4.79 Å². The van der Waals surface area contributed by atoms with E-state index in [9.17, 15) is 13.2 Å². The summed E-state index contributed by atoms with van der Waals surface area (Å²) in [5, 5.41) is 5.29. The molecular formula is C14H24N4O4S. The van der Waals surface area contributed by atoms with E-state index in [1.807, 2.05) is 24.3 Å². The number of para-hydroxylation sites is 1. The third kappa shape index (κ3) is 6.85. The molecule has 2 amide bonds. The lowest BCUT2D eigenvalue weighted by atomic mass is 10.1. The van der Waals surface area contributed by atoms with Gasteiger partial charge in [-0.25, -0.2) is 9.52 Å². The molecule has 0 aliphatic heterocycles. The molecule has 1 aromatic rings. The van der Waals surface area contributed by atoms with E-state index in [0.29, 0.717) is 13.0 Å². The number of urea groups is 1. The average molecular weight is 344 g/mol. The number of ether oxygens (including phenoxy) is 1. The largest absolute Gasteiger partial charge is 0.496 e. The molecule has 0 aliphatic carbocycles. The molecule has 8 nitrogen and oxygen atoms in total. The number of rotatable bonds is 9. The van der Waals surface area contributed by atoms with Gasteiger partial charge in [-0.15, -0.1) is 0 Å². The van der Waals surface area contributed by atoms with E-state index in [4.69, 9.17) is 4.74 Å². The van der Waals surface area contributed by atoms with Gasteiger partial charge in [-0.2, -0.15) is 12.7 Å². The molecule has 1 rings (SSSR count). The molecule has 23 heavy (non-hydrogen) atoms. The van der Waals surface area contributed by atoms with Crippen molar-refractivity contribution in [3.8, 4) is 5.75 Å². The van der Waals surface area contributed by atoms with Gasteiger partial charge in [0.1, 0.15) is 5.75 Å². The number of methoxy groups -OCH3 is 1. The van der Waals surface area contributed by atoms with E-state index >= 15 is 0 Å². The Morgan fingerprint density at radius 1 is 1.13 bits per heavy atom. The molecule has 0 radical (unpaired) electrons. The summed E-state index contributed by atoms with van der Waals surface area (Å²) >= 11 is 0. The van der Waals surface area contributed by atoms with Crippen molar-refractivity contribution in [1.82, 2.24) is 19.7 Å². The number of carbonyl (C=O) groups is 1. The highest BCUT2D eigenvalue weighted by Crippen LogP contribution is 2.17. The Labute approximate surface area is 137 Å². The second-order valence-corrected chi connectivity index (χ2v) is 6.90. The Morgan fingerprint density at radius 3 is 2.43 bits per heavy atom. The minimum atomic E-state index is -3.46. The maximum Gasteiger partial charge on any atom is 0.314 e. The molecule has 9 heteroatoms. The van der Waals surface area contributed by atoms with Crippen LogP contribution in [0, 0.1) is 0 Å². The highest BCUT2D eigenvalue weighted by atomic mass is 32.2. The lowest BCUT2D eigenvalue weighted by molar-refractivity contribution is 0.241. The van der Waals surface area contributed by atoms with Gasteiger partial charge in [0.2, 0.25) is 0 Å². The van der Waals surface area contributed by atoms with Crippen molar-refractivity contribution in [2.75, 3.05) is 40.8 Å². The van der Waals surface area contributed by atoms with Crippen LogP contribution in [0.5, 0.6) is 5.75 Å². The molecule has 130 valence electrons. The fraction of sp³-hybridized carbons (Fsp3) is 0.500. The lowest BCUT2D eigenvalue weighted by Crippen LogP contribution is -2.43. The standard InChI is InChI=1S/C14H24N4O4S/c1-18(2)23(20,21)17-11-10-16-14(19)15-9-8-12-6-4-5-7-13(12)22-3/h4-7,17H,8-11H2,1-3H3,(H2,15,16,19). The Balaban J connectivity index is 2.23. The van der Waals surface area contributed by atoms with E-state index in [2.05, 4.69) is 15.4 Å². The zero-order valence-electron chi connectivity index (χ0n) is 13.6. The third-order valence-corrected chi connectivity index (χ3v) is 4.58. The first-order valence-electron chi connectivity index (χ1n) is 7.17. The fourth-order valence-corrected chi connectivity index (χ4v) is 2.39. The van der Waals surface area contributed by atoms with Crippen LogP contribution in [0.25, 0.3) is 0 Å². The summed E-state index contributed by atoms with van der Waals surface area (Å²) in [5.74, 6) is 0.785. The van der Waals surface area contributed by atoms with E-state index in [0.717, 1.165) is 15.6 Å². The first-order chi connectivity index (χ1) is 10.9. The summed E-state index contributed by atoms with van der Waals surface area (Å²) in [4.78, 5) is 11.6. The first kappa shape index (κ1) is 19.2. The van der Waals surface area contributed by atoms with Gasteiger partial charge in [0.05, 0.1) is 7.11 Å². The number of amides is 2. The summed E-state index contributed by atoms with van der Waals surface area (Å²) in [6, 6.07) is 7.26. The van der Waals surface area contributed by atoms with Crippen LogP contribution >= 0.6 is 0 Å². The minimum absolute atomic E-state index is 0.125. The van der Waals surface area contributed by atoms with Crippen molar-refractivity contribution in [3.05, 3.63) is 29.8 Å². The number of hydrogen-bond acceptors (Lipinski definition) is 4. The number of hydrogen-bond donors (Lipinski definition) is 3. The topological polar surface area (TPSA) is 99.8 Å². The summed E-state index contributed by atoms with van der Waals surface area (Å²) in [5.41, 5.74) is 1.01. The molecule has 0 aromatic heterocycles. The summed E-state index contributed by atoms with van der Waals surface area (Å²) in [6.45, 7) is 0.781. The highest BCUT2D eigenvalue weighted by molar-refractivity contribution is 7.87. The monoisotopic (exact) mass is 344 g/mol. The minimum Gasteiger partial charge on any atom is -0.496 e. The quantitative estimate of drug-likeness (QED) is 0.546. The van der Waals surface area contributed by atoms with E-state index in [-0.39, 0.29) is 19.1 Å². The van der Waals surface area contributed by atoms with Gasteiger partial charge in [-0.05, 0) is 18.1 Å². The number of nitrogens with zero attached hydrogens (tertiary/aromatic N) is 1. The highest BCUT2D eigenvalue weighted by Gasteiger charge is 2.11. The predicted octanol–water partition coefficient (Wildman–Crippen LogP) is -0.0671. The van der Waals surface area contributed by atoms with Crippen molar-refractivity contribution < 1.29 is 17.9 Å². The molecule has 0 heterocycles. The maximum atomic E-state index is 11.6. The van der Waals surface area contributed by atoms with E-state index < -0.39 is 10.2 Å². The molecule has 0 aliphatic rings. The first-order valence-corrected chi connectivity index (χ1v) is 8.61. The number of nitrogens with one attached hydrogen (secondary N) is 3. The van der Waals surface area contributed by atoms with Crippen molar-refractivity contribution in [2.45, 2.75) is 6.42 Å². The zero-order chi connectivity index (χ0) is 17.3. The van der Waals surface area contributed by atoms with Gasteiger partial charge in [0.15, 0.2) is 0 Å². The second kappa shape index (κ2) is 9.33. The molecule has 3 N–H and O–H groups in total. The Bertz CT molecular complexity index is 605. The van der Waals surface area contributed by atoms with Crippen LogP contribution in [-0.4, -0.2) is 59.6 Å². The lowest BCUT2D eigenvalue weighted by Gasteiger charge is -2.13. The molecule has 0 saturated heterocycles. The normalized spacial score (nSPS) is 11.3. The van der Waals surface area contributed by atoms with Crippen molar-refractivity contribution in [1.29, 1.82) is 0 Å². The summed E-state index contributed by atoms with van der Waals surface area (Å²) < 4.78 is 31.5. The molecule has 0 spiro atoms. The van der Waals surface area contributed by atoms with Crippen LogP contribution in [0.2, 0.25) is 0 Å². The van der Waals surface area contributed by atoms with E-state index in [1.165, 1.54) is 14.1 Å². The van der Waals surface area contributed by atoms with Crippen molar-refractivity contribution in [2.24, 2.45) is 0 Å². The van der Waals surface area contributed by atoms with Crippen LogP contribution in [0.15, 0.2) is 24.3 Å². The second-order valence-electron chi connectivity index (χ2n) is 4.93. The van der Waals surface area contributed by atoms with Gasteiger partial charge in [0.25, 0.3) is 10.2 Å².